The highest BCUT2D eigenvalue weighted by Crippen LogP contribution is 2.09. The Balaban J connectivity index is 2.13. The molecule has 98 valence electrons. The lowest BCUT2D eigenvalue weighted by molar-refractivity contribution is 0.561. The van der Waals surface area contributed by atoms with Crippen LogP contribution in [0.4, 0.5) is 0 Å². The standard InChI is InChI=1S/C13H21N5/c1-10(2)14-6-13-7-15-11(3)18(13)9-12-5-16-17(4)8-12/h5,7-8,10,14H,6,9H2,1-4H3. The second-order valence-electron chi connectivity index (χ2n) is 4.94. The van der Waals surface area contributed by atoms with E-state index >= 15 is 0 Å². The Labute approximate surface area is 108 Å². The van der Waals surface area contributed by atoms with Crippen LogP contribution in [-0.4, -0.2) is 25.4 Å². The second kappa shape index (κ2) is 5.35. The highest BCUT2D eigenvalue weighted by atomic mass is 15.2. The lowest BCUT2D eigenvalue weighted by Gasteiger charge is -2.11. The highest BCUT2D eigenvalue weighted by Gasteiger charge is 2.08. The molecule has 2 rings (SSSR count). The topological polar surface area (TPSA) is 47.7 Å². The third kappa shape index (κ3) is 2.98. The van der Waals surface area contributed by atoms with Crippen LogP contribution in [0, 0.1) is 6.92 Å². The van der Waals surface area contributed by atoms with Crippen LogP contribution in [0.1, 0.15) is 30.9 Å². The normalized spacial score (nSPS) is 11.4. The Bertz CT molecular complexity index is 509. The number of hydrogen-bond donors (Lipinski definition) is 1. The summed E-state index contributed by atoms with van der Waals surface area (Å²) < 4.78 is 4.06. The molecule has 18 heavy (non-hydrogen) atoms. The summed E-state index contributed by atoms with van der Waals surface area (Å²) >= 11 is 0. The predicted molar refractivity (Wildman–Crippen MR) is 71.2 cm³/mol. The van der Waals surface area contributed by atoms with Crippen LogP contribution in [0.2, 0.25) is 0 Å². The fourth-order valence-electron chi connectivity index (χ4n) is 1.92. The van der Waals surface area contributed by atoms with E-state index < -0.39 is 0 Å². The van der Waals surface area contributed by atoms with Gasteiger partial charge in [0.2, 0.25) is 0 Å². The number of nitrogens with zero attached hydrogens (tertiary/aromatic N) is 4. The zero-order valence-corrected chi connectivity index (χ0v) is 11.5. The molecule has 1 N–H and O–H groups in total. The smallest absolute Gasteiger partial charge is 0.106 e. The maximum absolute atomic E-state index is 4.39. The van der Waals surface area contributed by atoms with Gasteiger partial charge in [-0.25, -0.2) is 4.98 Å². The van der Waals surface area contributed by atoms with Crippen LogP contribution >= 0.6 is 0 Å². The van der Waals surface area contributed by atoms with Gasteiger partial charge in [-0.2, -0.15) is 5.10 Å². The second-order valence-corrected chi connectivity index (χ2v) is 4.94. The van der Waals surface area contributed by atoms with Gasteiger partial charge in [-0.05, 0) is 6.92 Å². The van der Waals surface area contributed by atoms with E-state index in [1.54, 1.807) is 0 Å². The third-order valence-corrected chi connectivity index (χ3v) is 2.93. The molecule has 0 saturated carbocycles. The molecule has 0 aliphatic rings. The van der Waals surface area contributed by atoms with Crippen molar-refractivity contribution in [2.45, 2.75) is 39.9 Å². The van der Waals surface area contributed by atoms with Crippen molar-refractivity contribution in [1.29, 1.82) is 0 Å². The van der Waals surface area contributed by atoms with Gasteiger partial charge in [0.15, 0.2) is 0 Å². The molecule has 0 aromatic carbocycles. The average Bonchev–Trinajstić information content (AvgIpc) is 2.85. The molecule has 0 bridgehead atoms. The summed E-state index contributed by atoms with van der Waals surface area (Å²) in [5.41, 5.74) is 2.41. The van der Waals surface area contributed by atoms with Crippen LogP contribution < -0.4 is 5.32 Å². The quantitative estimate of drug-likeness (QED) is 0.870. The van der Waals surface area contributed by atoms with Crippen LogP contribution in [-0.2, 0) is 20.1 Å². The Morgan fingerprint density at radius 3 is 2.72 bits per heavy atom. The summed E-state index contributed by atoms with van der Waals surface area (Å²) in [6.45, 7) is 8.01. The number of hydrogen-bond acceptors (Lipinski definition) is 3. The minimum Gasteiger partial charge on any atom is -0.326 e. The van der Waals surface area contributed by atoms with Gasteiger partial charge in [0, 0.05) is 37.6 Å². The fraction of sp³-hybridized carbons (Fsp3) is 0.538. The first-order valence-corrected chi connectivity index (χ1v) is 6.28. The van der Waals surface area contributed by atoms with E-state index in [9.17, 15) is 0 Å². The summed E-state index contributed by atoms with van der Waals surface area (Å²) in [5.74, 6) is 1.04. The summed E-state index contributed by atoms with van der Waals surface area (Å²) in [7, 11) is 1.94. The van der Waals surface area contributed by atoms with Crippen molar-refractivity contribution in [1.82, 2.24) is 24.6 Å². The number of aromatic nitrogens is 4. The largest absolute Gasteiger partial charge is 0.326 e. The molecule has 0 atom stereocenters. The molecule has 2 heterocycles. The van der Waals surface area contributed by atoms with E-state index in [0.29, 0.717) is 6.04 Å². The summed E-state index contributed by atoms with van der Waals surface area (Å²) in [6.07, 6.45) is 5.89. The zero-order valence-electron chi connectivity index (χ0n) is 11.5. The van der Waals surface area contributed by atoms with Crippen molar-refractivity contribution < 1.29 is 0 Å². The number of nitrogens with one attached hydrogen (secondary N) is 1. The molecule has 0 radical (unpaired) electrons. The Hall–Kier alpha value is -1.62. The molecule has 2 aromatic heterocycles. The molecule has 0 spiro atoms. The predicted octanol–water partition coefficient (Wildman–Crippen LogP) is 1.47. The van der Waals surface area contributed by atoms with Gasteiger partial charge in [0.1, 0.15) is 5.82 Å². The summed E-state index contributed by atoms with van der Waals surface area (Å²) in [6, 6.07) is 0.479. The Morgan fingerprint density at radius 2 is 2.11 bits per heavy atom. The minimum absolute atomic E-state index is 0.479. The monoisotopic (exact) mass is 247 g/mol. The zero-order chi connectivity index (χ0) is 13.1. The Kier molecular flexibility index (Phi) is 3.81. The summed E-state index contributed by atoms with van der Waals surface area (Å²) in [5, 5.41) is 7.62. The van der Waals surface area contributed by atoms with Crippen LogP contribution in [0.15, 0.2) is 18.6 Å². The highest BCUT2D eigenvalue weighted by molar-refractivity contribution is 5.11. The molecule has 0 unspecified atom stereocenters. The molecule has 0 aliphatic carbocycles. The molecular weight excluding hydrogens is 226 g/mol. The van der Waals surface area contributed by atoms with Crippen molar-refractivity contribution in [2.24, 2.45) is 7.05 Å². The van der Waals surface area contributed by atoms with Crippen molar-refractivity contribution in [3.63, 3.8) is 0 Å². The van der Waals surface area contributed by atoms with E-state index in [4.69, 9.17) is 0 Å². The van der Waals surface area contributed by atoms with E-state index in [1.807, 2.05) is 37.2 Å². The van der Waals surface area contributed by atoms with Crippen LogP contribution in [0.5, 0.6) is 0 Å². The van der Waals surface area contributed by atoms with E-state index in [2.05, 4.69) is 33.8 Å². The Morgan fingerprint density at radius 1 is 1.33 bits per heavy atom. The third-order valence-electron chi connectivity index (χ3n) is 2.93. The van der Waals surface area contributed by atoms with Gasteiger partial charge in [-0.3, -0.25) is 4.68 Å². The maximum atomic E-state index is 4.39. The van der Waals surface area contributed by atoms with Gasteiger partial charge < -0.3 is 9.88 Å². The molecule has 5 nitrogen and oxygen atoms in total. The molecule has 0 amide bonds. The molecule has 0 aliphatic heterocycles. The van der Waals surface area contributed by atoms with Crippen molar-refractivity contribution >= 4 is 0 Å². The van der Waals surface area contributed by atoms with Gasteiger partial charge in [-0.15, -0.1) is 0 Å². The number of aryl methyl sites for hydroxylation is 2. The first-order valence-electron chi connectivity index (χ1n) is 6.28. The van der Waals surface area contributed by atoms with Gasteiger partial charge in [0.25, 0.3) is 0 Å². The van der Waals surface area contributed by atoms with Crippen LogP contribution in [0.3, 0.4) is 0 Å². The van der Waals surface area contributed by atoms with Crippen LogP contribution in [0.25, 0.3) is 0 Å². The van der Waals surface area contributed by atoms with Crippen molar-refractivity contribution in [2.75, 3.05) is 0 Å². The molecule has 2 aromatic rings. The van der Waals surface area contributed by atoms with Gasteiger partial charge in [0.05, 0.1) is 18.4 Å². The SMILES string of the molecule is Cc1ncc(CNC(C)C)n1Cc1cnn(C)c1. The summed E-state index contributed by atoms with van der Waals surface area (Å²) in [4.78, 5) is 4.39. The van der Waals surface area contributed by atoms with Gasteiger partial charge >= 0.3 is 0 Å². The first kappa shape index (κ1) is 12.8. The first-order chi connectivity index (χ1) is 8.56. The lowest BCUT2D eigenvalue weighted by atomic mass is 10.3. The van der Waals surface area contributed by atoms with Crippen molar-refractivity contribution in [3.05, 3.63) is 35.7 Å². The fourth-order valence-corrected chi connectivity index (χ4v) is 1.92. The van der Waals surface area contributed by atoms with E-state index in [1.165, 1.54) is 11.3 Å². The number of rotatable bonds is 5. The van der Waals surface area contributed by atoms with Crippen molar-refractivity contribution in [3.8, 4) is 0 Å². The molecule has 0 saturated heterocycles. The average molecular weight is 247 g/mol. The van der Waals surface area contributed by atoms with Gasteiger partial charge in [-0.1, -0.05) is 13.8 Å². The van der Waals surface area contributed by atoms with E-state index in [0.717, 1.165) is 18.9 Å². The number of imidazole rings is 1. The molecular formula is C13H21N5. The molecule has 0 fully saturated rings. The van der Waals surface area contributed by atoms with E-state index in [-0.39, 0.29) is 0 Å². The molecule has 5 heteroatoms. The lowest BCUT2D eigenvalue weighted by Crippen LogP contribution is -2.23. The minimum atomic E-state index is 0.479. The maximum Gasteiger partial charge on any atom is 0.106 e.